The van der Waals surface area contributed by atoms with Crippen molar-refractivity contribution in [2.24, 2.45) is 11.8 Å². The molecular formula is C13H22N2O3. The summed E-state index contributed by atoms with van der Waals surface area (Å²) in [4.78, 5) is 23.3. The number of amides is 1. The van der Waals surface area contributed by atoms with Crippen LogP contribution in [0.4, 0.5) is 0 Å². The molecule has 18 heavy (non-hydrogen) atoms. The summed E-state index contributed by atoms with van der Waals surface area (Å²) in [5.41, 5.74) is 2.90. The Morgan fingerprint density at radius 3 is 2.17 bits per heavy atom. The van der Waals surface area contributed by atoms with Crippen LogP contribution in [0, 0.1) is 11.8 Å². The van der Waals surface area contributed by atoms with Gasteiger partial charge in [0, 0.05) is 13.1 Å². The molecule has 0 aromatic carbocycles. The third-order valence-electron chi connectivity index (χ3n) is 4.04. The zero-order valence-electron chi connectivity index (χ0n) is 10.7. The molecule has 2 atom stereocenters. The molecule has 2 unspecified atom stereocenters. The summed E-state index contributed by atoms with van der Waals surface area (Å²) in [5, 5.41) is 11.1. The molecular weight excluding hydrogens is 232 g/mol. The predicted octanol–water partition coefficient (Wildman–Crippen LogP) is 1.39. The highest BCUT2D eigenvalue weighted by molar-refractivity contribution is 5.84. The standard InChI is InChI=1S/C13H22N2O3/c16-12(14-15-8-4-1-5-9-15)10-6-2-3-7-11(10)13(17)18/h10-11H,1-9H2,(H,14,16)(H,17,18). The van der Waals surface area contributed by atoms with Gasteiger partial charge in [-0.3, -0.25) is 15.0 Å². The van der Waals surface area contributed by atoms with Crippen molar-refractivity contribution in [2.45, 2.75) is 44.9 Å². The number of carbonyl (C=O) groups excluding carboxylic acids is 1. The van der Waals surface area contributed by atoms with Gasteiger partial charge in [0.2, 0.25) is 5.91 Å². The normalized spacial score (nSPS) is 29.8. The average Bonchev–Trinajstić information content (AvgIpc) is 2.40. The van der Waals surface area contributed by atoms with E-state index in [1.165, 1.54) is 6.42 Å². The van der Waals surface area contributed by atoms with E-state index in [2.05, 4.69) is 5.43 Å². The van der Waals surface area contributed by atoms with E-state index in [9.17, 15) is 9.59 Å². The predicted molar refractivity (Wildman–Crippen MR) is 66.7 cm³/mol. The number of nitrogens with one attached hydrogen (secondary N) is 1. The van der Waals surface area contributed by atoms with Crippen molar-refractivity contribution in [2.75, 3.05) is 13.1 Å². The van der Waals surface area contributed by atoms with E-state index in [1.54, 1.807) is 0 Å². The number of piperidine rings is 1. The lowest BCUT2D eigenvalue weighted by Crippen LogP contribution is -2.49. The summed E-state index contributed by atoms with van der Waals surface area (Å²) in [5.74, 6) is -1.76. The second kappa shape index (κ2) is 6.18. The zero-order chi connectivity index (χ0) is 13.0. The van der Waals surface area contributed by atoms with Gasteiger partial charge in [0.1, 0.15) is 0 Å². The Balaban J connectivity index is 1.91. The molecule has 0 spiro atoms. The minimum Gasteiger partial charge on any atom is -0.481 e. The number of hydrazine groups is 1. The smallest absolute Gasteiger partial charge is 0.307 e. The summed E-state index contributed by atoms with van der Waals surface area (Å²) in [7, 11) is 0. The van der Waals surface area contributed by atoms with Crippen LogP contribution in [-0.4, -0.2) is 35.1 Å². The molecule has 1 saturated heterocycles. The molecule has 5 nitrogen and oxygen atoms in total. The highest BCUT2D eigenvalue weighted by Gasteiger charge is 2.36. The van der Waals surface area contributed by atoms with E-state index in [0.717, 1.165) is 38.8 Å². The summed E-state index contributed by atoms with van der Waals surface area (Å²) < 4.78 is 0. The van der Waals surface area contributed by atoms with Gasteiger partial charge in [-0.15, -0.1) is 0 Å². The minimum atomic E-state index is -0.825. The van der Waals surface area contributed by atoms with Crippen LogP contribution in [0.25, 0.3) is 0 Å². The maximum Gasteiger partial charge on any atom is 0.307 e. The van der Waals surface area contributed by atoms with Crippen LogP contribution in [-0.2, 0) is 9.59 Å². The van der Waals surface area contributed by atoms with Crippen LogP contribution in [0.1, 0.15) is 44.9 Å². The largest absolute Gasteiger partial charge is 0.481 e. The lowest BCUT2D eigenvalue weighted by molar-refractivity contribution is -0.150. The molecule has 102 valence electrons. The Kier molecular flexibility index (Phi) is 4.58. The van der Waals surface area contributed by atoms with E-state index < -0.39 is 11.9 Å². The molecule has 0 aromatic heterocycles. The van der Waals surface area contributed by atoms with Gasteiger partial charge >= 0.3 is 5.97 Å². The number of nitrogens with zero attached hydrogens (tertiary/aromatic N) is 1. The topological polar surface area (TPSA) is 69.6 Å². The number of hydrogen-bond donors (Lipinski definition) is 2. The van der Waals surface area contributed by atoms with Gasteiger partial charge in [-0.1, -0.05) is 19.3 Å². The van der Waals surface area contributed by atoms with E-state index in [4.69, 9.17) is 5.11 Å². The van der Waals surface area contributed by atoms with Crippen LogP contribution < -0.4 is 5.43 Å². The highest BCUT2D eigenvalue weighted by atomic mass is 16.4. The first-order valence-electron chi connectivity index (χ1n) is 6.97. The molecule has 1 amide bonds. The van der Waals surface area contributed by atoms with Crippen molar-refractivity contribution in [3.8, 4) is 0 Å². The Labute approximate surface area is 108 Å². The van der Waals surface area contributed by atoms with Crippen molar-refractivity contribution in [1.29, 1.82) is 0 Å². The van der Waals surface area contributed by atoms with Crippen LogP contribution in [0.2, 0.25) is 0 Å². The maximum absolute atomic E-state index is 12.2. The van der Waals surface area contributed by atoms with Crippen molar-refractivity contribution in [3.63, 3.8) is 0 Å². The molecule has 0 bridgehead atoms. The lowest BCUT2D eigenvalue weighted by Gasteiger charge is -2.32. The van der Waals surface area contributed by atoms with Crippen LogP contribution >= 0.6 is 0 Å². The van der Waals surface area contributed by atoms with Crippen molar-refractivity contribution >= 4 is 11.9 Å². The first-order valence-corrected chi connectivity index (χ1v) is 6.97. The van der Waals surface area contributed by atoms with Gasteiger partial charge in [-0.25, -0.2) is 5.01 Å². The molecule has 0 radical (unpaired) electrons. The van der Waals surface area contributed by atoms with Crippen LogP contribution in [0.5, 0.6) is 0 Å². The second-order valence-corrected chi connectivity index (χ2v) is 5.36. The van der Waals surface area contributed by atoms with Crippen molar-refractivity contribution in [3.05, 3.63) is 0 Å². The molecule has 2 aliphatic rings. The lowest BCUT2D eigenvalue weighted by atomic mass is 9.79. The fourth-order valence-electron chi connectivity index (χ4n) is 2.98. The number of carboxylic acid groups (broad SMARTS) is 1. The zero-order valence-corrected chi connectivity index (χ0v) is 10.7. The van der Waals surface area contributed by atoms with Gasteiger partial charge in [-0.2, -0.15) is 0 Å². The van der Waals surface area contributed by atoms with Crippen LogP contribution in [0.15, 0.2) is 0 Å². The summed E-state index contributed by atoms with van der Waals surface area (Å²) >= 11 is 0. The third kappa shape index (κ3) is 3.22. The molecule has 5 heteroatoms. The van der Waals surface area contributed by atoms with E-state index in [1.807, 2.05) is 5.01 Å². The first kappa shape index (κ1) is 13.3. The number of aliphatic carboxylic acids is 1. The van der Waals surface area contributed by atoms with E-state index in [-0.39, 0.29) is 11.8 Å². The molecule has 1 aliphatic heterocycles. The molecule has 1 saturated carbocycles. The summed E-state index contributed by atoms with van der Waals surface area (Å²) in [6.45, 7) is 1.77. The Morgan fingerprint density at radius 2 is 1.56 bits per heavy atom. The van der Waals surface area contributed by atoms with Gasteiger partial charge in [0.25, 0.3) is 0 Å². The van der Waals surface area contributed by atoms with E-state index in [0.29, 0.717) is 12.8 Å². The van der Waals surface area contributed by atoms with Crippen molar-refractivity contribution < 1.29 is 14.7 Å². The second-order valence-electron chi connectivity index (χ2n) is 5.36. The Bertz CT molecular complexity index is 313. The number of carbonyl (C=O) groups is 2. The maximum atomic E-state index is 12.2. The third-order valence-corrected chi connectivity index (χ3v) is 4.04. The molecule has 0 aromatic rings. The van der Waals surface area contributed by atoms with Gasteiger partial charge in [0.15, 0.2) is 0 Å². The fraction of sp³-hybridized carbons (Fsp3) is 0.846. The Hall–Kier alpha value is -1.10. The number of rotatable bonds is 3. The molecule has 2 rings (SSSR count). The SMILES string of the molecule is O=C(O)C1CCCCC1C(=O)NN1CCCCC1. The minimum absolute atomic E-state index is 0.0935. The van der Waals surface area contributed by atoms with Crippen LogP contribution in [0.3, 0.4) is 0 Å². The van der Waals surface area contributed by atoms with Gasteiger partial charge in [0.05, 0.1) is 11.8 Å². The first-order chi connectivity index (χ1) is 8.68. The molecule has 1 heterocycles. The molecule has 2 N–H and O–H groups in total. The fourth-order valence-corrected chi connectivity index (χ4v) is 2.98. The highest BCUT2D eigenvalue weighted by Crippen LogP contribution is 2.30. The molecule has 2 fully saturated rings. The average molecular weight is 254 g/mol. The van der Waals surface area contributed by atoms with E-state index >= 15 is 0 Å². The Morgan fingerprint density at radius 1 is 0.944 bits per heavy atom. The summed E-state index contributed by atoms with van der Waals surface area (Å²) in [6, 6.07) is 0. The quantitative estimate of drug-likeness (QED) is 0.798. The summed E-state index contributed by atoms with van der Waals surface area (Å²) in [6.07, 6.45) is 6.64. The number of hydrogen-bond acceptors (Lipinski definition) is 3. The van der Waals surface area contributed by atoms with Crippen molar-refractivity contribution in [1.82, 2.24) is 10.4 Å². The number of carboxylic acids is 1. The molecule has 1 aliphatic carbocycles. The van der Waals surface area contributed by atoms with Gasteiger partial charge in [-0.05, 0) is 25.7 Å². The van der Waals surface area contributed by atoms with Gasteiger partial charge < -0.3 is 5.11 Å². The monoisotopic (exact) mass is 254 g/mol.